The van der Waals surface area contributed by atoms with Crippen molar-refractivity contribution in [2.75, 3.05) is 43.1 Å². The fraction of sp³-hybridized carbons (Fsp3) is 0.412. The molecule has 0 radical (unpaired) electrons. The van der Waals surface area contributed by atoms with Crippen LogP contribution in [0.25, 0.3) is 0 Å². The SMILES string of the molecule is Cc1cc(N2CCOCC2)nc(NCCc2ccc(F)cc2)n1. The number of nitrogens with one attached hydrogen (secondary N) is 1. The molecule has 6 heteroatoms. The highest BCUT2D eigenvalue weighted by molar-refractivity contribution is 5.45. The zero-order valence-corrected chi connectivity index (χ0v) is 13.3. The lowest BCUT2D eigenvalue weighted by atomic mass is 10.1. The van der Waals surface area contributed by atoms with E-state index in [4.69, 9.17) is 4.74 Å². The summed E-state index contributed by atoms with van der Waals surface area (Å²) in [4.78, 5) is 11.2. The minimum absolute atomic E-state index is 0.209. The summed E-state index contributed by atoms with van der Waals surface area (Å²) < 4.78 is 18.3. The first-order valence-electron chi connectivity index (χ1n) is 7.87. The van der Waals surface area contributed by atoms with Gasteiger partial charge in [0.05, 0.1) is 13.2 Å². The van der Waals surface area contributed by atoms with E-state index >= 15 is 0 Å². The Balaban J connectivity index is 1.60. The number of aromatic nitrogens is 2. The molecule has 1 aromatic carbocycles. The van der Waals surface area contributed by atoms with Crippen molar-refractivity contribution in [1.82, 2.24) is 9.97 Å². The Labute approximate surface area is 135 Å². The maximum atomic E-state index is 12.9. The molecule has 0 spiro atoms. The van der Waals surface area contributed by atoms with Crippen LogP contribution in [-0.2, 0) is 11.2 Å². The molecule has 3 rings (SSSR count). The van der Waals surface area contributed by atoms with E-state index in [9.17, 15) is 4.39 Å². The molecule has 2 heterocycles. The maximum absolute atomic E-state index is 12.9. The largest absolute Gasteiger partial charge is 0.378 e. The third-order valence-corrected chi connectivity index (χ3v) is 3.79. The van der Waals surface area contributed by atoms with Crippen molar-refractivity contribution in [2.45, 2.75) is 13.3 Å². The second kappa shape index (κ2) is 7.37. The molecule has 0 unspecified atom stereocenters. The van der Waals surface area contributed by atoms with E-state index in [2.05, 4.69) is 20.2 Å². The first-order valence-corrected chi connectivity index (χ1v) is 7.87. The third kappa shape index (κ3) is 4.39. The van der Waals surface area contributed by atoms with Gasteiger partial charge in [-0.15, -0.1) is 0 Å². The molecule has 0 aliphatic carbocycles. The fourth-order valence-electron chi connectivity index (χ4n) is 2.56. The second-order valence-electron chi connectivity index (χ2n) is 5.59. The van der Waals surface area contributed by atoms with E-state index in [1.165, 1.54) is 12.1 Å². The standard InChI is InChI=1S/C17H21FN4O/c1-13-12-16(22-8-10-23-11-9-22)21-17(20-13)19-7-6-14-2-4-15(18)5-3-14/h2-5,12H,6-11H2,1H3,(H,19,20,21). The van der Waals surface area contributed by atoms with E-state index in [-0.39, 0.29) is 5.82 Å². The predicted octanol–water partition coefficient (Wildman–Crippen LogP) is 2.42. The van der Waals surface area contributed by atoms with E-state index in [1.54, 1.807) is 12.1 Å². The molecule has 0 amide bonds. The monoisotopic (exact) mass is 316 g/mol. The lowest BCUT2D eigenvalue weighted by Gasteiger charge is -2.28. The molecule has 1 fully saturated rings. The summed E-state index contributed by atoms with van der Waals surface area (Å²) in [7, 11) is 0. The van der Waals surface area contributed by atoms with Crippen LogP contribution < -0.4 is 10.2 Å². The van der Waals surface area contributed by atoms with Crippen LogP contribution >= 0.6 is 0 Å². The molecule has 1 saturated heterocycles. The lowest BCUT2D eigenvalue weighted by Crippen LogP contribution is -2.37. The number of aryl methyl sites for hydroxylation is 1. The van der Waals surface area contributed by atoms with E-state index in [0.717, 1.165) is 49.8 Å². The van der Waals surface area contributed by atoms with Crippen LogP contribution in [-0.4, -0.2) is 42.8 Å². The van der Waals surface area contributed by atoms with Crippen LogP contribution in [0.4, 0.5) is 16.2 Å². The number of nitrogens with zero attached hydrogens (tertiary/aromatic N) is 3. The molecule has 0 atom stereocenters. The molecule has 0 bridgehead atoms. The highest BCUT2D eigenvalue weighted by Gasteiger charge is 2.14. The van der Waals surface area contributed by atoms with Gasteiger partial charge in [-0.25, -0.2) is 9.37 Å². The normalized spacial score (nSPS) is 14.8. The van der Waals surface area contributed by atoms with Crippen molar-refractivity contribution in [3.05, 3.63) is 47.4 Å². The molecule has 2 aromatic rings. The summed E-state index contributed by atoms with van der Waals surface area (Å²) in [5.74, 6) is 1.36. The van der Waals surface area contributed by atoms with Crippen LogP contribution in [0.3, 0.4) is 0 Å². The molecule has 122 valence electrons. The zero-order valence-electron chi connectivity index (χ0n) is 13.3. The quantitative estimate of drug-likeness (QED) is 0.918. The van der Waals surface area contributed by atoms with Gasteiger partial charge < -0.3 is 15.0 Å². The van der Waals surface area contributed by atoms with Crippen molar-refractivity contribution in [3.63, 3.8) is 0 Å². The minimum atomic E-state index is -0.209. The highest BCUT2D eigenvalue weighted by Crippen LogP contribution is 2.16. The van der Waals surface area contributed by atoms with Gasteiger partial charge in [-0.05, 0) is 31.0 Å². The van der Waals surface area contributed by atoms with Crippen molar-refractivity contribution in [3.8, 4) is 0 Å². The number of ether oxygens (including phenoxy) is 1. The van der Waals surface area contributed by atoms with Crippen LogP contribution in [0.5, 0.6) is 0 Å². The van der Waals surface area contributed by atoms with Gasteiger partial charge in [-0.3, -0.25) is 0 Å². The number of halogens is 1. The number of hydrogen-bond acceptors (Lipinski definition) is 5. The Morgan fingerprint density at radius 1 is 1.17 bits per heavy atom. The lowest BCUT2D eigenvalue weighted by molar-refractivity contribution is 0.122. The molecule has 1 aliphatic heterocycles. The average Bonchev–Trinajstić information content (AvgIpc) is 2.57. The summed E-state index contributed by atoms with van der Waals surface area (Å²) in [6.07, 6.45) is 0.796. The van der Waals surface area contributed by atoms with Crippen molar-refractivity contribution < 1.29 is 9.13 Å². The summed E-state index contributed by atoms with van der Waals surface area (Å²) in [6.45, 7) is 5.85. The molecule has 23 heavy (non-hydrogen) atoms. The van der Waals surface area contributed by atoms with Gasteiger partial charge in [0.2, 0.25) is 5.95 Å². The van der Waals surface area contributed by atoms with Crippen LogP contribution in [0.15, 0.2) is 30.3 Å². The zero-order chi connectivity index (χ0) is 16.1. The molecular formula is C17H21FN4O. The third-order valence-electron chi connectivity index (χ3n) is 3.79. The number of hydrogen-bond donors (Lipinski definition) is 1. The molecule has 1 aliphatic rings. The summed E-state index contributed by atoms with van der Waals surface area (Å²) in [5, 5.41) is 3.25. The second-order valence-corrected chi connectivity index (χ2v) is 5.59. The molecule has 5 nitrogen and oxygen atoms in total. The fourth-order valence-corrected chi connectivity index (χ4v) is 2.56. The summed E-state index contributed by atoms with van der Waals surface area (Å²) >= 11 is 0. The smallest absolute Gasteiger partial charge is 0.224 e. The van der Waals surface area contributed by atoms with Crippen LogP contribution in [0.2, 0.25) is 0 Å². The Hall–Kier alpha value is -2.21. The van der Waals surface area contributed by atoms with Crippen molar-refractivity contribution >= 4 is 11.8 Å². The maximum Gasteiger partial charge on any atom is 0.224 e. The van der Waals surface area contributed by atoms with E-state index in [0.29, 0.717) is 12.5 Å². The van der Waals surface area contributed by atoms with Gasteiger partial charge in [0.1, 0.15) is 11.6 Å². The molecule has 1 N–H and O–H groups in total. The summed E-state index contributed by atoms with van der Waals surface area (Å²) in [6, 6.07) is 8.56. The van der Waals surface area contributed by atoms with Gasteiger partial charge in [0.25, 0.3) is 0 Å². The topological polar surface area (TPSA) is 50.3 Å². The van der Waals surface area contributed by atoms with Gasteiger partial charge in [-0.2, -0.15) is 4.98 Å². The number of benzene rings is 1. The van der Waals surface area contributed by atoms with Crippen molar-refractivity contribution in [2.24, 2.45) is 0 Å². The predicted molar refractivity (Wildman–Crippen MR) is 88.4 cm³/mol. The summed E-state index contributed by atoms with van der Waals surface area (Å²) in [5.41, 5.74) is 2.02. The first kappa shape index (κ1) is 15.7. The van der Waals surface area contributed by atoms with E-state index < -0.39 is 0 Å². The van der Waals surface area contributed by atoms with Crippen molar-refractivity contribution in [1.29, 1.82) is 0 Å². The van der Waals surface area contributed by atoms with E-state index in [1.807, 2.05) is 13.0 Å². The Kier molecular flexibility index (Phi) is 5.02. The number of anilines is 2. The highest BCUT2D eigenvalue weighted by atomic mass is 19.1. The minimum Gasteiger partial charge on any atom is -0.378 e. The Bertz CT molecular complexity index is 642. The molecule has 1 aromatic heterocycles. The van der Waals surface area contributed by atoms with Gasteiger partial charge in [-0.1, -0.05) is 12.1 Å². The van der Waals surface area contributed by atoms with Crippen LogP contribution in [0.1, 0.15) is 11.3 Å². The Morgan fingerprint density at radius 3 is 2.65 bits per heavy atom. The van der Waals surface area contributed by atoms with Crippen LogP contribution in [0, 0.1) is 12.7 Å². The first-order chi connectivity index (χ1) is 11.2. The number of morpholine rings is 1. The van der Waals surface area contributed by atoms with Gasteiger partial charge in [0, 0.05) is 31.4 Å². The molecule has 0 saturated carbocycles. The van der Waals surface area contributed by atoms with Gasteiger partial charge in [0.15, 0.2) is 0 Å². The average molecular weight is 316 g/mol. The Morgan fingerprint density at radius 2 is 1.91 bits per heavy atom. The number of rotatable bonds is 5. The van der Waals surface area contributed by atoms with Gasteiger partial charge >= 0.3 is 0 Å². The molecular weight excluding hydrogens is 295 g/mol.